The number of benzene rings is 1. The fourth-order valence-corrected chi connectivity index (χ4v) is 3.50. The van der Waals surface area contributed by atoms with Crippen molar-refractivity contribution in [2.24, 2.45) is 7.05 Å². The molecule has 9 nitrogen and oxygen atoms in total. The first kappa shape index (κ1) is 20.3. The average Bonchev–Trinajstić information content (AvgIpc) is 3.28. The summed E-state index contributed by atoms with van der Waals surface area (Å²) in [5.41, 5.74) is 3.65. The lowest BCUT2D eigenvalue weighted by Crippen LogP contribution is -2.22. The molecule has 0 aliphatic rings. The number of carbonyl (C=O) groups is 2. The lowest BCUT2D eigenvalue weighted by Gasteiger charge is -2.09. The molecule has 1 amide bonds. The summed E-state index contributed by atoms with van der Waals surface area (Å²) >= 11 is 0. The van der Waals surface area contributed by atoms with E-state index in [2.05, 4.69) is 20.5 Å². The lowest BCUT2D eigenvalue weighted by molar-refractivity contribution is -0.116. The van der Waals surface area contributed by atoms with Crippen LogP contribution in [0.3, 0.4) is 0 Å². The van der Waals surface area contributed by atoms with E-state index in [1.165, 1.54) is 10.9 Å². The van der Waals surface area contributed by atoms with Gasteiger partial charge in [-0.15, -0.1) is 0 Å². The highest BCUT2D eigenvalue weighted by atomic mass is 16.5. The number of nitrogens with zero attached hydrogens (tertiary/aromatic N) is 5. The van der Waals surface area contributed by atoms with Crippen molar-refractivity contribution in [1.29, 1.82) is 0 Å². The van der Waals surface area contributed by atoms with Gasteiger partial charge in [-0.2, -0.15) is 10.2 Å². The predicted octanol–water partition coefficient (Wildman–Crippen LogP) is 2.96. The molecule has 0 bridgehead atoms. The van der Waals surface area contributed by atoms with E-state index >= 15 is 0 Å². The Balaban J connectivity index is 1.63. The number of nitrogens with one attached hydrogen (secondary N) is 1. The Hall–Kier alpha value is -4.01. The Labute approximate surface area is 178 Å². The van der Waals surface area contributed by atoms with Gasteiger partial charge in [0, 0.05) is 18.6 Å². The lowest BCUT2D eigenvalue weighted by atomic mass is 10.0. The molecule has 158 valence electrons. The van der Waals surface area contributed by atoms with Gasteiger partial charge in [0.15, 0.2) is 5.65 Å². The van der Waals surface area contributed by atoms with E-state index in [-0.39, 0.29) is 30.4 Å². The minimum atomic E-state index is -0.541. The van der Waals surface area contributed by atoms with Gasteiger partial charge < -0.3 is 10.1 Å². The smallest absolute Gasteiger partial charge is 0.343 e. The molecule has 0 aliphatic carbocycles. The Morgan fingerprint density at radius 2 is 1.94 bits per heavy atom. The normalized spacial score (nSPS) is 10.9. The maximum absolute atomic E-state index is 12.8. The van der Waals surface area contributed by atoms with E-state index in [1.807, 2.05) is 43.3 Å². The zero-order valence-electron chi connectivity index (χ0n) is 17.5. The number of esters is 1. The summed E-state index contributed by atoms with van der Waals surface area (Å²) in [6, 6.07) is 11.9. The Bertz CT molecular complexity index is 1260. The number of ether oxygens (including phenoxy) is 1. The molecular weight excluding hydrogens is 396 g/mol. The van der Waals surface area contributed by atoms with Crippen molar-refractivity contribution in [1.82, 2.24) is 24.5 Å². The number of amides is 1. The molecule has 4 aromatic rings. The van der Waals surface area contributed by atoms with Crippen molar-refractivity contribution in [2.45, 2.75) is 20.4 Å². The summed E-state index contributed by atoms with van der Waals surface area (Å²) in [6.07, 6.45) is 3.08. The van der Waals surface area contributed by atoms with E-state index in [0.29, 0.717) is 5.65 Å². The Morgan fingerprint density at radius 3 is 2.68 bits per heavy atom. The molecule has 1 aromatic carbocycles. The standard InChI is InChI=1S/C22H22N6O3/c1-4-31-22(30)17-12-24-27(3)20(17)25-18(29)13-28-21-19(14(2)26-28)16(10-11-23-21)15-8-6-5-7-9-15/h5-12H,4,13H2,1-3H3,(H,25,29). The molecular formula is C22H22N6O3. The predicted molar refractivity (Wildman–Crippen MR) is 115 cm³/mol. The monoisotopic (exact) mass is 418 g/mol. The zero-order valence-corrected chi connectivity index (χ0v) is 17.5. The Kier molecular flexibility index (Phi) is 5.48. The first-order valence-electron chi connectivity index (χ1n) is 9.86. The van der Waals surface area contributed by atoms with Gasteiger partial charge in [-0.1, -0.05) is 30.3 Å². The molecule has 4 rings (SSSR count). The summed E-state index contributed by atoms with van der Waals surface area (Å²) in [5, 5.41) is 12.2. The molecule has 0 radical (unpaired) electrons. The largest absolute Gasteiger partial charge is 0.462 e. The van der Waals surface area contributed by atoms with Crippen LogP contribution in [0.25, 0.3) is 22.2 Å². The highest BCUT2D eigenvalue weighted by Gasteiger charge is 2.21. The van der Waals surface area contributed by atoms with Crippen LogP contribution in [0.5, 0.6) is 0 Å². The van der Waals surface area contributed by atoms with Crippen LogP contribution in [-0.2, 0) is 23.1 Å². The third-order valence-electron chi connectivity index (χ3n) is 4.88. The van der Waals surface area contributed by atoms with Crippen molar-refractivity contribution in [3.05, 3.63) is 60.0 Å². The fraction of sp³-hybridized carbons (Fsp3) is 0.227. The minimum absolute atomic E-state index is 0.0664. The average molecular weight is 418 g/mol. The highest BCUT2D eigenvalue weighted by Crippen LogP contribution is 2.29. The maximum Gasteiger partial charge on any atom is 0.343 e. The van der Waals surface area contributed by atoms with Gasteiger partial charge in [0.05, 0.1) is 18.5 Å². The van der Waals surface area contributed by atoms with Gasteiger partial charge in [0.1, 0.15) is 17.9 Å². The van der Waals surface area contributed by atoms with Crippen molar-refractivity contribution < 1.29 is 14.3 Å². The molecule has 0 spiro atoms. The second-order valence-corrected chi connectivity index (χ2v) is 6.97. The quantitative estimate of drug-likeness (QED) is 0.483. The van der Waals surface area contributed by atoms with Crippen LogP contribution >= 0.6 is 0 Å². The number of rotatable bonds is 6. The summed E-state index contributed by atoms with van der Waals surface area (Å²) in [6.45, 7) is 3.78. The number of anilines is 1. The van der Waals surface area contributed by atoms with Crippen molar-refractivity contribution >= 4 is 28.7 Å². The first-order valence-corrected chi connectivity index (χ1v) is 9.86. The number of aromatic nitrogens is 5. The highest BCUT2D eigenvalue weighted by molar-refractivity contribution is 6.00. The number of pyridine rings is 1. The molecule has 0 fully saturated rings. The third-order valence-corrected chi connectivity index (χ3v) is 4.88. The van der Waals surface area contributed by atoms with Crippen LogP contribution in [0.4, 0.5) is 5.82 Å². The molecule has 0 atom stereocenters. The molecule has 0 aliphatic heterocycles. The van der Waals surface area contributed by atoms with Crippen LogP contribution in [0.15, 0.2) is 48.8 Å². The number of carbonyl (C=O) groups excluding carboxylic acids is 2. The second kappa shape index (κ2) is 8.39. The van der Waals surface area contributed by atoms with E-state index in [1.54, 1.807) is 24.9 Å². The molecule has 0 saturated heterocycles. The van der Waals surface area contributed by atoms with Gasteiger partial charge >= 0.3 is 5.97 Å². The van der Waals surface area contributed by atoms with E-state index in [9.17, 15) is 9.59 Å². The van der Waals surface area contributed by atoms with Crippen LogP contribution in [0.1, 0.15) is 23.0 Å². The molecule has 0 saturated carbocycles. The summed E-state index contributed by atoms with van der Waals surface area (Å²) in [7, 11) is 1.64. The molecule has 3 heterocycles. The van der Waals surface area contributed by atoms with Gasteiger partial charge in [0.2, 0.25) is 5.91 Å². The molecule has 9 heteroatoms. The molecule has 0 unspecified atom stereocenters. The van der Waals surface area contributed by atoms with Crippen molar-refractivity contribution in [3.63, 3.8) is 0 Å². The van der Waals surface area contributed by atoms with Crippen LogP contribution in [0.2, 0.25) is 0 Å². The SMILES string of the molecule is CCOC(=O)c1cnn(C)c1NC(=O)Cn1nc(C)c2c(-c3ccccc3)ccnc21. The van der Waals surface area contributed by atoms with Crippen LogP contribution in [0, 0.1) is 6.92 Å². The van der Waals surface area contributed by atoms with Crippen LogP contribution in [-0.4, -0.2) is 43.0 Å². The van der Waals surface area contributed by atoms with Gasteiger partial charge in [-0.25, -0.2) is 14.5 Å². The second-order valence-electron chi connectivity index (χ2n) is 6.97. The maximum atomic E-state index is 12.8. The van der Waals surface area contributed by atoms with Gasteiger partial charge in [-0.3, -0.25) is 9.48 Å². The fourth-order valence-electron chi connectivity index (χ4n) is 3.50. The first-order chi connectivity index (χ1) is 15.0. The number of hydrogen-bond acceptors (Lipinski definition) is 6. The third kappa shape index (κ3) is 3.89. The minimum Gasteiger partial charge on any atom is -0.462 e. The number of fused-ring (bicyclic) bond motifs is 1. The van der Waals surface area contributed by atoms with Crippen molar-refractivity contribution in [2.75, 3.05) is 11.9 Å². The topological polar surface area (TPSA) is 104 Å². The van der Waals surface area contributed by atoms with E-state index < -0.39 is 5.97 Å². The molecule has 31 heavy (non-hydrogen) atoms. The van der Waals surface area contributed by atoms with Gasteiger partial charge in [0.25, 0.3) is 0 Å². The number of aryl methyl sites for hydroxylation is 2. The summed E-state index contributed by atoms with van der Waals surface area (Å²) in [4.78, 5) is 29.3. The van der Waals surface area contributed by atoms with E-state index in [0.717, 1.165) is 22.2 Å². The number of hydrogen-bond donors (Lipinski definition) is 1. The van der Waals surface area contributed by atoms with Crippen LogP contribution < -0.4 is 5.32 Å². The molecule has 1 N–H and O–H groups in total. The summed E-state index contributed by atoms with van der Waals surface area (Å²) in [5.74, 6) is -0.625. The van der Waals surface area contributed by atoms with E-state index in [4.69, 9.17) is 4.74 Å². The van der Waals surface area contributed by atoms with Gasteiger partial charge in [-0.05, 0) is 31.0 Å². The summed E-state index contributed by atoms with van der Waals surface area (Å²) < 4.78 is 8.01. The zero-order chi connectivity index (χ0) is 22.0. The molecule has 3 aromatic heterocycles. The van der Waals surface area contributed by atoms with Crippen molar-refractivity contribution in [3.8, 4) is 11.1 Å². The Morgan fingerprint density at radius 1 is 1.16 bits per heavy atom.